The van der Waals surface area contributed by atoms with E-state index < -0.39 is 0 Å². The number of hydrogen-bond donors (Lipinski definition) is 0. The van der Waals surface area contributed by atoms with Crippen LogP contribution in [0.2, 0.25) is 0 Å². The number of oxime groups is 1. The minimum Gasteiger partial charge on any atom is -0.391 e. The lowest BCUT2D eigenvalue weighted by Crippen LogP contribution is -1.85. The molecule has 0 aliphatic rings. The molecule has 0 fully saturated rings. The smallest absolute Gasteiger partial charge is 0.142 e. The molecule has 0 aromatic heterocycles. The van der Waals surface area contributed by atoms with Crippen LogP contribution in [0.4, 0.5) is 0 Å². The minimum atomic E-state index is 0.464. The molecule has 0 saturated carbocycles. The van der Waals surface area contributed by atoms with E-state index in [4.69, 9.17) is 4.84 Å². The average molecular weight is 237 g/mol. The monoisotopic (exact) mass is 237 g/mol. The molecule has 0 radical (unpaired) electrons. The van der Waals surface area contributed by atoms with E-state index in [1.165, 1.54) is 5.56 Å². The maximum Gasteiger partial charge on any atom is 0.142 e. The minimum absolute atomic E-state index is 0.464. The van der Waals surface area contributed by atoms with Crippen LogP contribution in [0, 0.1) is 0 Å². The van der Waals surface area contributed by atoms with E-state index in [9.17, 15) is 0 Å². The second-order valence-electron chi connectivity index (χ2n) is 3.89. The van der Waals surface area contributed by atoms with Crippen molar-refractivity contribution in [3.63, 3.8) is 0 Å². The summed E-state index contributed by atoms with van der Waals surface area (Å²) in [4.78, 5) is 4.88. The molecule has 0 aliphatic heterocycles. The summed E-state index contributed by atoms with van der Waals surface area (Å²) >= 11 is 0. The van der Waals surface area contributed by atoms with E-state index in [0.717, 1.165) is 11.1 Å². The van der Waals surface area contributed by atoms with E-state index in [1.807, 2.05) is 30.3 Å². The van der Waals surface area contributed by atoms with Gasteiger partial charge in [-0.25, -0.2) is 0 Å². The molecule has 2 aromatic rings. The number of benzene rings is 2. The van der Waals surface area contributed by atoms with Crippen LogP contribution >= 0.6 is 0 Å². The molecule has 0 aliphatic carbocycles. The molecule has 0 unspecified atom stereocenters. The Bertz CT molecular complexity index is 515. The molecule has 2 nitrogen and oxygen atoms in total. The largest absolute Gasteiger partial charge is 0.391 e. The van der Waals surface area contributed by atoms with Gasteiger partial charge in [0.25, 0.3) is 0 Å². The Morgan fingerprint density at radius 1 is 0.889 bits per heavy atom. The molecule has 18 heavy (non-hydrogen) atoms. The van der Waals surface area contributed by atoms with Crippen molar-refractivity contribution < 1.29 is 4.84 Å². The average Bonchev–Trinajstić information content (AvgIpc) is 2.45. The second-order valence-corrected chi connectivity index (χ2v) is 3.89. The molecule has 90 valence electrons. The zero-order valence-electron chi connectivity index (χ0n) is 10.1. The Morgan fingerprint density at radius 2 is 1.50 bits per heavy atom. The quantitative estimate of drug-likeness (QED) is 0.438. The van der Waals surface area contributed by atoms with Gasteiger partial charge in [-0.3, -0.25) is 0 Å². The summed E-state index contributed by atoms with van der Waals surface area (Å²) in [5.74, 6) is 0. The van der Waals surface area contributed by atoms with Crippen molar-refractivity contribution in [1.29, 1.82) is 0 Å². The maximum absolute atomic E-state index is 4.88. The first kappa shape index (κ1) is 12.1. The van der Waals surface area contributed by atoms with Crippen LogP contribution in [0.25, 0.3) is 12.2 Å². The summed E-state index contributed by atoms with van der Waals surface area (Å²) in [5.41, 5.74) is 3.44. The standard InChI is InChI=1S/C16H15NO/c1-17-18-13-16-11-9-15(10-12-16)8-7-14-5-3-2-4-6-14/h2-12H,1,13H2/b8-7+. The van der Waals surface area contributed by atoms with Crippen LogP contribution < -0.4 is 0 Å². The van der Waals surface area contributed by atoms with Gasteiger partial charge in [0.05, 0.1) is 0 Å². The first-order chi connectivity index (χ1) is 8.88. The third kappa shape index (κ3) is 3.59. The molecule has 0 N–H and O–H groups in total. The predicted molar refractivity (Wildman–Crippen MR) is 76.2 cm³/mol. The lowest BCUT2D eigenvalue weighted by molar-refractivity contribution is 0.133. The van der Waals surface area contributed by atoms with Gasteiger partial charge >= 0.3 is 0 Å². The summed E-state index contributed by atoms with van der Waals surface area (Å²) in [6.07, 6.45) is 4.18. The third-order valence-corrected chi connectivity index (χ3v) is 2.57. The van der Waals surface area contributed by atoms with Crippen LogP contribution in [-0.4, -0.2) is 6.72 Å². The first-order valence-electron chi connectivity index (χ1n) is 5.78. The summed E-state index contributed by atoms with van der Waals surface area (Å²) in [7, 11) is 0. The van der Waals surface area contributed by atoms with Crippen LogP contribution in [0.3, 0.4) is 0 Å². The topological polar surface area (TPSA) is 21.6 Å². The van der Waals surface area contributed by atoms with E-state index in [1.54, 1.807) is 0 Å². The Morgan fingerprint density at radius 3 is 2.11 bits per heavy atom. The van der Waals surface area contributed by atoms with Gasteiger partial charge in [-0.15, -0.1) is 5.16 Å². The molecule has 0 spiro atoms. The fraction of sp³-hybridized carbons (Fsp3) is 0.0625. The molecule has 0 amide bonds. The molecular weight excluding hydrogens is 222 g/mol. The summed E-state index contributed by atoms with van der Waals surface area (Å²) in [6, 6.07) is 18.4. The molecular formula is C16H15NO. The predicted octanol–water partition coefficient (Wildman–Crippen LogP) is 3.99. The van der Waals surface area contributed by atoms with Gasteiger partial charge in [0.2, 0.25) is 0 Å². The van der Waals surface area contributed by atoms with Gasteiger partial charge < -0.3 is 4.84 Å². The van der Waals surface area contributed by atoms with E-state index in [2.05, 4.69) is 48.3 Å². The van der Waals surface area contributed by atoms with Crippen molar-refractivity contribution in [3.05, 3.63) is 71.3 Å². The maximum atomic E-state index is 4.88. The van der Waals surface area contributed by atoms with E-state index in [-0.39, 0.29) is 0 Å². The van der Waals surface area contributed by atoms with Crippen LogP contribution in [0.15, 0.2) is 59.8 Å². The summed E-state index contributed by atoms with van der Waals surface area (Å²) < 4.78 is 0. The molecule has 0 bridgehead atoms. The second kappa shape index (κ2) is 6.40. The molecule has 2 rings (SSSR count). The molecule has 0 heterocycles. The normalized spacial score (nSPS) is 10.4. The van der Waals surface area contributed by atoms with E-state index >= 15 is 0 Å². The van der Waals surface area contributed by atoms with Crippen molar-refractivity contribution in [2.24, 2.45) is 5.16 Å². The Balaban J connectivity index is 2.02. The zero-order valence-corrected chi connectivity index (χ0v) is 10.1. The van der Waals surface area contributed by atoms with Gasteiger partial charge in [-0.05, 0) is 16.7 Å². The third-order valence-electron chi connectivity index (χ3n) is 2.57. The van der Waals surface area contributed by atoms with Crippen molar-refractivity contribution in [2.45, 2.75) is 6.61 Å². The summed E-state index contributed by atoms with van der Waals surface area (Å²) in [6.45, 7) is 3.74. The lowest BCUT2D eigenvalue weighted by atomic mass is 10.1. The van der Waals surface area contributed by atoms with Gasteiger partial charge in [0.15, 0.2) is 0 Å². The summed E-state index contributed by atoms with van der Waals surface area (Å²) in [5, 5.41) is 3.37. The fourth-order valence-electron chi connectivity index (χ4n) is 1.60. The van der Waals surface area contributed by atoms with Crippen molar-refractivity contribution >= 4 is 18.9 Å². The number of rotatable bonds is 5. The van der Waals surface area contributed by atoms with Gasteiger partial charge in [-0.1, -0.05) is 66.7 Å². The Kier molecular flexibility index (Phi) is 4.31. The van der Waals surface area contributed by atoms with Crippen molar-refractivity contribution in [3.8, 4) is 0 Å². The van der Waals surface area contributed by atoms with Crippen LogP contribution in [-0.2, 0) is 11.4 Å². The van der Waals surface area contributed by atoms with Crippen LogP contribution in [0.1, 0.15) is 16.7 Å². The molecule has 2 heteroatoms. The highest BCUT2D eigenvalue weighted by atomic mass is 16.6. The highest BCUT2D eigenvalue weighted by Gasteiger charge is 1.92. The van der Waals surface area contributed by atoms with Gasteiger partial charge in [-0.2, -0.15) is 0 Å². The first-order valence-corrected chi connectivity index (χ1v) is 5.78. The van der Waals surface area contributed by atoms with Crippen molar-refractivity contribution in [2.75, 3.05) is 0 Å². The van der Waals surface area contributed by atoms with Gasteiger partial charge in [0, 0.05) is 6.72 Å². The number of nitrogens with zero attached hydrogens (tertiary/aromatic N) is 1. The van der Waals surface area contributed by atoms with Crippen LogP contribution in [0.5, 0.6) is 0 Å². The van der Waals surface area contributed by atoms with E-state index in [0.29, 0.717) is 6.61 Å². The van der Waals surface area contributed by atoms with Gasteiger partial charge in [0.1, 0.15) is 6.61 Å². The van der Waals surface area contributed by atoms with Crippen molar-refractivity contribution in [1.82, 2.24) is 0 Å². The highest BCUT2D eigenvalue weighted by molar-refractivity contribution is 5.69. The SMILES string of the molecule is C=NOCc1ccc(/C=C/c2ccccc2)cc1. The highest BCUT2D eigenvalue weighted by Crippen LogP contribution is 2.10. The Hall–Kier alpha value is -2.35. The molecule has 0 atom stereocenters. The lowest BCUT2D eigenvalue weighted by Gasteiger charge is -2.00. The fourth-order valence-corrected chi connectivity index (χ4v) is 1.60. The Labute approximate surface area is 107 Å². The molecule has 0 saturated heterocycles. The molecule has 2 aromatic carbocycles. The zero-order chi connectivity index (χ0) is 12.6. The number of hydrogen-bond acceptors (Lipinski definition) is 2.